The van der Waals surface area contributed by atoms with Crippen molar-refractivity contribution >= 4 is 29.3 Å². The number of halogens is 2. The summed E-state index contributed by atoms with van der Waals surface area (Å²) in [4.78, 5) is 40.4. The molecule has 11 heteroatoms. The van der Waals surface area contributed by atoms with Crippen molar-refractivity contribution in [2.24, 2.45) is 0 Å². The number of benzene rings is 3. The van der Waals surface area contributed by atoms with Gasteiger partial charge in [-0.3, -0.25) is 14.4 Å². The second-order valence-corrected chi connectivity index (χ2v) is 9.91. The second kappa shape index (κ2) is 11.8. The molecule has 6 rings (SSSR count). The molecule has 2 N–H and O–H groups in total. The lowest BCUT2D eigenvalue weighted by molar-refractivity contribution is -0.123. The fourth-order valence-electron chi connectivity index (χ4n) is 4.67. The SMILES string of the molecule is COc1ccc2cc1OCC(=O)NCc1ccc(cc1)O[C@@H]1CCN(C(=O)c3ccc(Cl)cc3F)C[C@@H]1NC2=O. The van der Waals surface area contributed by atoms with Crippen LogP contribution in [0.3, 0.4) is 0 Å². The molecule has 1 saturated heterocycles. The highest BCUT2D eigenvalue weighted by Crippen LogP contribution is 2.29. The first-order valence-corrected chi connectivity index (χ1v) is 13.1. The van der Waals surface area contributed by atoms with Crippen LogP contribution in [0.15, 0.2) is 60.7 Å². The van der Waals surface area contributed by atoms with Crippen molar-refractivity contribution in [3.05, 3.63) is 88.2 Å². The molecule has 3 aliphatic rings. The van der Waals surface area contributed by atoms with E-state index < -0.39 is 29.8 Å². The zero-order chi connectivity index (χ0) is 28.2. The van der Waals surface area contributed by atoms with E-state index in [9.17, 15) is 18.8 Å². The summed E-state index contributed by atoms with van der Waals surface area (Å²) in [6.45, 7) is 0.408. The fourth-order valence-corrected chi connectivity index (χ4v) is 4.82. The number of likely N-dealkylation sites (tertiary alicyclic amines) is 1. The van der Waals surface area contributed by atoms with Crippen LogP contribution < -0.4 is 24.8 Å². The van der Waals surface area contributed by atoms with Crippen LogP contribution in [-0.4, -0.2) is 61.6 Å². The molecule has 0 aromatic heterocycles. The average Bonchev–Trinajstić information content (AvgIpc) is 2.95. The molecule has 3 aromatic rings. The van der Waals surface area contributed by atoms with E-state index in [4.69, 9.17) is 25.8 Å². The van der Waals surface area contributed by atoms with Crippen LogP contribution in [0.2, 0.25) is 5.02 Å². The molecule has 208 valence electrons. The first-order chi connectivity index (χ1) is 19.3. The number of fused-ring (bicyclic) bond motifs is 7. The Morgan fingerprint density at radius 3 is 2.65 bits per heavy atom. The molecule has 0 aliphatic carbocycles. The van der Waals surface area contributed by atoms with Gasteiger partial charge in [-0.2, -0.15) is 0 Å². The summed E-state index contributed by atoms with van der Waals surface area (Å²) in [7, 11) is 1.46. The van der Waals surface area contributed by atoms with E-state index in [1.165, 1.54) is 30.2 Å². The third-order valence-corrected chi connectivity index (χ3v) is 7.03. The molecular weight excluding hydrogens is 541 g/mol. The summed E-state index contributed by atoms with van der Waals surface area (Å²) >= 11 is 5.86. The van der Waals surface area contributed by atoms with Crippen molar-refractivity contribution in [2.75, 3.05) is 26.8 Å². The number of piperidine rings is 1. The van der Waals surface area contributed by atoms with Crippen molar-refractivity contribution in [1.29, 1.82) is 0 Å². The van der Waals surface area contributed by atoms with Crippen molar-refractivity contribution in [3.63, 3.8) is 0 Å². The number of ether oxygens (including phenoxy) is 3. The predicted molar refractivity (Wildman–Crippen MR) is 144 cm³/mol. The molecule has 0 unspecified atom stereocenters. The quantitative estimate of drug-likeness (QED) is 0.490. The van der Waals surface area contributed by atoms with Gasteiger partial charge in [0, 0.05) is 36.6 Å². The number of nitrogens with one attached hydrogen (secondary N) is 2. The Labute approximate surface area is 235 Å². The van der Waals surface area contributed by atoms with Gasteiger partial charge in [-0.25, -0.2) is 4.39 Å². The van der Waals surface area contributed by atoms with Crippen LogP contribution in [0.5, 0.6) is 17.2 Å². The first-order valence-electron chi connectivity index (χ1n) is 12.7. The summed E-state index contributed by atoms with van der Waals surface area (Å²) in [6.07, 6.45) is -0.0843. The van der Waals surface area contributed by atoms with Gasteiger partial charge >= 0.3 is 0 Å². The zero-order valence-corrected chi connectivity index (χ0v) is 22.4. The topological polar surface area (TPSA) is 106 Å². The van der Waals surface area contributed by atoms with Gasteiger partial charge in [0.2, 0.25) is 0 Å². The molecular formula is C29H27ClFN3O6. The number of methoxy groups -OCH3 is 1. The molecule has 0 spiro atoms. The summed E-state index contributed by atoms with van der Waals surface area (Å²) in [6, 6.07) is 15.1. The molecule has 3 aromatic carbocycles. The molecule has 1 fully saturated rings. The van der Waals surface area contributed by atoms with E-state index in [0.29, 0.717) is 31.0 Å². The Balaban J connectivity index is 1.45. The number of rotatable bonds is 2. The number of nitrogens with zero attached hydrogens (tertiary/aromatic N) is 1. The normalized spacial score (nSPS) is 19.3. The Morgan fingerprint density at radius 2 is 1.90 bits per heavy atom. The Morgan fingerprint density at radius 1 is 1.10 bits per heavy atom. The van der Waals surface area contributed by atoms with E-state index in [1.807, 2.05) is 12.1 Å². The van der Waals surface area contributed by atoms with Crippen LogP contribution in [0.4, 0.5) is 4.39 Å². The third kappa shape index (κ3) is 6.12. The van der Waals surface area contributed by atoms with Gasteiger partial charge in [-0.15, -0.1) is 0 Å². The lowest BCUT2D eigenvalue weighted by Gasteiger charge is -2.39. The van der Waals surface area contributed by atoms with Gasteiger partial charge in [0.05, 0.1) is 18.7 Å². The molecule has 4 bridgehead atoms. The number of hydrogen-bond acceptors (Lipinski definition) is 6. The Kier molecular flexibility index (Phi) is 8.06. The second-order valence-electron chi connectivity index (χ2n) is 9.48. The number of amides is 3. The average molecular weight is 568 g/mol. The monoisotopic (exact) mass is 567 g/mol. The maximum Gasteiger partial charge on any atom is 0.258 e. The molecule has 0 saturated carbocycles. The summed E-state index contributed by atoms with van der Waals surface area (Å²) in [5, 5.41) is 5.95. The van der Waals surface area contributed by atoms with Gasteiger partial charge < -0.3 is 29.7 Å². The summed E-state index contributed by atoms with van der Waals surface area (Å²) in [5.74, 6) is -0.846. The highest BCUT2D eigenvalue weighted by atomic mass is 35.5. The molecule has 3 aliphatic heterocycles. The van der Waals surface area contributed by atoms with E-state index in [1.54, 1.807) is 24.3 Å². The van der Waals surface area contributed by atoms with Crippen molar-refractivity contribution in [3.8, 4) is 17.2 Å². The summed E-state index contributed by atoms with van der Waals surface area (Å²) in [5.41, 5.74) is 1.02. The smallest absolute Gasteiger partial charge is 0.258 e. The van der Waals surface area contributed by atoms with Crippen LogP contribution in [0.25, 0.3) is 0 Å². The van der Waals surface area contributed by atoms with E-state index >= 15 is 0 Å². The lowest BCUT2D eigenvalue weighted by Crippen LogP contribution is -2.58. The van der Waals surface area contributed by atoms with Gasteiger partial charge in [0.1, 0.15) is 17.7 Å². The minimum Gasteiger partial charge on any atom is -0.493 e. The number of carbonyl (C=O) groups excluding carboxylic acids is 3. The van der Waals surface area contributed by atoms with Crippen molar-refractivity contribution in [2.45, 2.75) is 25.1 Å². The predicted octanol–water partition coefficient (Wildman–Crippen LogP) is 3.59. The lowest BCUT2D eigenvalue weighted by atomic mass is 9.99. The number of hydrogen-bond donors (Lipinski definition) is 2. The van der Waals surface area contributed by atoms with Crippen LogP contribution in [0, 0.1) is 5.82 Å². The largest absolute Gasteiger partial charge is 0.493 e. The van der Waals surface area contributed by atoms with Crippen LogP contribution in [-0.2, 0) is 11.3 Å². The number of carbonyl (C=O) groups is 3. The highest BCUT2D eigenvalue weighted by molar-refractivity contribution is 6.30. The first kappa shape index (κ1) is 27.3. The van der Waals surface area contributed by atoms with E-state index in [-0.39, 0.29) is 41.0 Å². The maximum atomic E-state index is 14.5. The van der Waals surface area contributed by atoms with Gasteiger partial charge in [-0.05, 0) is 54.1 Å². The molecule has 2 atom stereocenters. The van der Waals surface area contributed by atoms with Gasteiger partial charge in [0.25, 0.3) is 17.7 Å². The van der Waals surface area contributed by atoms with Crippen LogP contribution >= 0.6 is 11.6 Å². The maximum absolute atomic E-state index is 14.5. The molecule has 3 heterocycles. The van der Waals surface area contributed by atoms with Crippen molar-refractivity contribution < 1.29 is 33.0 Å². The molecule has 0 radical (unpaired) electrons. The Bertz CT molecular complexity index is 1430. The van der Waals surface area contributed by atoms with Gasteiger partial charge in [-0.1, -0.05) is 23.7 Å². The Hall–Kier alpha value is -4.31. The van der Waals surface area contributed by atoms with Crippen LogP contribution in [0.1, 0.15) is 32.7 Å². The fraction of sp³-hybridized carbons (Fsp3) is 0.276. The minimum absolute atomic E-state index is 0.0906. The van der Waals surface area contributed by atoms with E-state index in [0.717, 1.165) is 11.6 Å². The molecule has 3 amide bonds. The minimum atomic E-state index is -0.715. The third-order valence-electron chi connectivity index (χ3n) is 6.80. The standard InChI is InChI=1S/C29H27ClFN3O6/c1-38-25-9-4-18-12-26(25)39-16-27(35)32-14-17-2-6-20(7-3-17)40-24-10-11-34(15-23(24)33-28(18)36)29(37)21-8-5-19(30)13-22(21)31/h2-9,12-13,23-24H,10-11,14-16H2,1H3,(H,32,35)(H,33,36)/t23-,24+/m0/s1. The molecule has 9 nitrogen and oxygen atoms in total. The van der Waals surface area contributed by atoms with Crippen molar-refractivity contribution in [1.82, 2.24) is 15.5 Å². The van der Waals surface area contributed by atoms with Gasteiger partial charge in [0.15, 0.2) is 18.1 Å². The van der Waals surface area contributed by atoms with E-state index in [2.05, 4.69) is 10.6 Å². The molecule has 40 heavy (non-hydrogen) atoms. The zero-order valence-electron chi connectivity index (χ0n) is 21.6. The highest BCUT2D eigenvalue weighted by Gasteiger charge is 2.35. The summed E-state index contributed by atoms with van der Waals surface area (Å²) < 4.78 is 31.8.